The maximum atomic E-state index is 12.9. The molecule has 0 atom stereocenters. The van der Waals surface area contributed by atoms with E-state index in [9.17, 15) is 15.0 Å². The molecule has 0 aliphatic rings. The van der Waals surface area contributed by atoms with Crippen LogP contribution in [-0.4, -0.2) is 28.9 Å². The highest BCUT2D eigenvalue weighted by Gasteiger charge is 2.39. The van der Waals surface area contributed by atoms with Crippen molar-refractivity contribution in [2.75, 3.05) is 6.61 Å². The molecule has 3 aromatic carbocycles. The monoisotopic (exact) mass is 390 g/mol. The van der Waals surface area contributed by atoms with Crippen LogP contribution in [0.15, 0.2) is 84.0 Å². The molecule has 148 valence electrons. The second kappa shape index (κ2) is 9.03. The largest absolute Gasteiger partial charge is 0.504 e. The van der Waals surface area contributed by atoms with E-state index < -0.39 is 11.5 Å². The van der Waals surface area contributed by atoms with Crippen molar-refractivity contribution in [1.82, 2.24) is 5.43 Å². The number of phenols is 1. The van der Waals surface area contributed by atoms with Gasteiger partial charge in [0.1, 0.15) is 0 Å². The summed E-state index contributed by atoms with van der Waals surface area (Å²) in [5, 5.41) is 25.1. The van der Waals surface area contributed by atoms with Crippen molar-refractivity contribution in [3.63, 3.8) is 0 Å². The summed E-state index contributed by atoms with van der Waals surface area (Å²) in [6, 6.07) is 22.1. The maximum absolute atomic E-state index is 12.9. The Hall–Kier alpha value is -3.64. The van der Waals surface area contributed by atoms with E-state index in [1.165, 1.54) is 12.3 Å². The maximum Gasteiger partial charge on any atom is 0.281 e. The molecule has 0 heterocycles. The van der Waals surface area contributed by atoms with Gasteiger partial charge >= 0.3 is 0 Å². The molecule has 0 saturated carbocycles. The molecule has 6 nitrogen and oxygen atoms in total. The Bertz CT molecular complexity index is 949. The number of aromatic hydroxyl groups is 1. The van der Waals surface area contributed by atoms with Crippen molar-refractivity contribution in [2.45, 2.75) is 12.5 Å². The topological polar surface area (TPSA) is 91.2 Å². The Labute approximate surface area is 169 Å². The molecule has 3 rings (SSSR count). The molecule has 3 N–H and O–H groups in total. The number of benzene rings is 3. The number of phenolic OH excluding ortho intramolecular Hbond substituents is 1. The van der Waals surface area contributed by atoms with Gasteiger partial charge in [-0.15, -0.1) is 0 Å². The fourth-order valence-corrected chi connectivity index (χ4v) is 2.92. The molecular formula is C23H22N2O4. The van der Waals surface area contributed by atoms with Gasteiger partial charge in [-0.1, -0.05) is 60.7 Å². The summed E-state index contributed by atoms with van der Waals surface area (Å²) in [6.45, 7) is 2.22. The van der Waals surface area contributed by atoms with Crippen molar-refractivity contribution < 1.29 is 19.7 Å². The first kappa shape index (κ1) is 20.1. The molecule has 1 amide bonds. The lowest BCUT2D eigenvalue weighted by molar-refractivity contribution is -0.136. The Balaban J connectivity index is 1.85. The quantitative estimate of drug-likeness (QED) is 0.427. The lowest BCUT2D eigenvalue weighted by Crippen LogP contribution is -2.43. The molecule has 0 radical (unpaired) electrons. The minimum Gasteiger partial charge on any atom is -0.504 e. The Kier molecular flexibility index (Phi) is 6.26. The van der Waals surface area contributed by atoms with Crippen LogP contribution in [0.4, 0.5) is 0 Å². The standard InChI is InChI=1S/C23H22N2O4/c1-2-29-21-15-17(13-14-20(21)26)16-24-25-22(27)23(28,18-9-5-3-6-10-18)19-11-7-4-8-12-19/h3-16,26,28H,2H2,1H3,(H,25,27)/b24-16+. The zero-order chi connectivity index (χ0) is 20.7. The van der Waals surface area contributed by atoms with Crippen molar-refractivity contribution in [3.8, 4) is 11.5 Å². The van der Waals surface area contributed by atoms with Gasteiger partial charge in [0.25, 0.3) is 5.91 Å². The third-order valence-electron chi connectivity index (χ3n) is 4.38. The summed E-state index contributed by atoms with van der Waals surface area (Å²) in [6.07, 6.45) is 1.41. The van der Waals surface area contributed by atoms with E-state index in [1.807, 2.05) is 19.1 Å². The number of hydrazone groups is 1. The number of hydrogen-bond donors (Lipinski definition) is 3. The Morgan fingerprint density at radius 1 is 1.03 bits per heavy atom. The van der Waals surface area contributed by atoms with Crippen LogP contribution in [0.3, 0.4) is 0 Å². The highest BCUT2D eigenvalue weighted by atomic mass is 16.5. The molecule has 6 heteroatoms. The summed E-state index contributed by atoms with van der Waals surface area (Å²) in [7, 11) is 0. The number of rotatable bonds is 7. The Morgan fingerprint density at radius 3 is 2.17 bits per heavy atom. The van der Waals surface area contributed by atoms with Gasteiger partial charge in [-0.25, -0.2) is 5.43 Å². The third-order valence-corrected chi connectivity index (χ3v) is 4.38. The van der Waals surface area contributed by atoms with Gasteiger partial charge in [-0.3, -0.25) is 4.79 Å². The molecule has 0 spiro atoms. The van der Waals surface area contributed by atoms with Gasteiger partial charge in [-0.2, -0.15) is 5.10 Å². The number of ether oxygens (including phenoxy) is 1. The number of carbonyl (C=O) groups excluding carboxylic acids is 1. The van der Waals surface area contributed by atoms with Crippen LogP contribution in [0.5, 0.6) is 11.5 Å². The van der Waals surface area contributed by atoms with Crippen LogP contribution in [0.2, 0.25) is 0 Å². The van der Waals surface area contributed by atoms with Crippen LogP contribution >= 0.6 is 0 Å². The van der Waals surface area contributed by atoms with Crippen molar-refractivity contribution in [1.29, 1.82) is 0 Å². The summed E-state index contributed by atoms with van der Waals surface area (Å²) in [4.78, 5) is 12.9. The fourth-order valence-electron chi connectivity index (χ4n) is 2.92. The molecule has 0 aromatic heterocycles. The number of carbonyl (C=O) groups is 1. The minimum atomic E-state index is -1.90. The van der Waals surface area contributed by atoms with E-state index >= 15 is 0 Å². The second-order valence-corrected chi connectivity index (χ2v) is 6.30. The molecular weight excluding hydrogens is 368 g/mol. The normalized spacial score (nSPS) is 11.4. The van der Waals surface area contributed by atoms with E-state index in [2.05, 4.69) is 10.5 Å². The van der Waals surface area contributed by atoms with Gasteiger partial charge < -0.3 is 14.9 Å². The van der Waals surface area contributed by atoms with Crippen LogP contribution < -0.4 is 10.2 Å². The molecule has 0 bridgehead atoms. The van der Waals surface area contributed by atoms with E-state index in [0.29, 0.717) is 29.0 Å². The Morgan fingerprint density at radius 2 is 1.62 bits per heavy atom. The van der Waals surface area contributed by atoms with Gasteiger partial charge in [0.15, 0.2) is 17.1 Å². The fraction of sp³-hybridized carbons (Fsp3) is 0.130. The van der Waals surface area contributed by atoms with Gasteiger partial charge in [0, 0.05) is 0 Å². The summed E-state index contributed by atoms with van der Waals surface area (Å²) in [5.74, 6) is -0.335. The summed E-state index contributed by atoms with van der Waals surface area (Å²) in [5.41, 5.74) is 2.00. The average molecular weight is 390 g/mol. The first-order valence-electron chi connectivity index (χ1n) is 9.18. The van der Waals surface area contributed by atoms with E-state index in [0.717, 1.165) is 0 Å². The van der Waals surface area contributed by atoms with Crippen molar-refractivity contribution in [3.05, 3.63) is 95.6 Å². The molecule has 29 heavy (non-hydrogen) atoms. The highest BCUT2D eigenvalue weighted by Crippen LogP contribution is 2.30. The van der Waals surface area contributed by atoms with Gasteiger partial charge in [0.05, 0.1) is 12.8 Å². The molecule has 0 aliphatic carbocycles. The van der Waals surface area contributed by atoms with Crippen LogP contribution in [0.25, 0.3) is 0 Å². The van der Waals surface area contributed by atoms with Crippen LogP contribution in [0.1, 0.15) is 23.6 Å². The zero-order valence-electron chi connectivity index (χ0n) is 15.9. The van der Waals surface area contributed by atoms with Crippen LogP contribution in [0, 0.1) is 0 Å². The minimum absolute atomic E-state index is 0.0237. The number of aliphatic hydroxyl groups is 1. The lowest BCUT2D eigenvalue weighted by Gasteiger charge is -2.27. The van der Waals surface area contributed by atoms with Crippen molar-refractivity contribution >= 4 is 12.1 Å². The molecule has 0 saturated heterocycles. The van der Waals surface area contributed by atoms with E-state index in [4.69, 9.17) is 4.74 Å². The number of hydrogen-bond acceptors (Lipinski definition) is 5. The van der Waals surface area contributed by atoms with Gasteiger partial charge in [0.2, 0.25) is 0 Å². The summed E-state index contributed by atoms with van der Waals surface area (Å²) < 4.78 is 5.34. The SMILES string of the molecule is CCOc1cc(/C=N/NC(=O)C(O)(c2ccccc2)c2ccccc2)ccc1O. The smallest absolute Gasteiger partial charge is 0.281 e. The van der Waals surface area contributed by atoms with Crippen molar-refractivity contribution in [2.24, 2.45) is 5.10 Å². The zero-order valence-corrected chi connectivity index (χ0v) is 15.9. The molecule has 0 unspecified atom stereocenters. The second-order valence-electron chi connectivity index (χ2n) is 6.30. The first-order chi connectivity index (χ1) is 14.1. The van der Waals surface area contributed by atoms with E-state index in [1.54, 1.807) is 60.7 Å². The predicted molar refractivity (Wildman–Crippen MR) is 111 cm³/mol. The lowest BCUT2D eigenvalue weighted by atomic mass is 9.85. The number of amides is 1. The summed E-state index contributed by atoms with van der Waals surface area (Å²) >= 11 is 0. The first-order valence-corrected chi connectivity index (χ1v) is 9.18. The molecule has 0 aliphatic heterocycles. The third kappa shape index (κ3) is 4.44. The molecule has 0 fully saturated rings. The van der Waals surface area contributed by atoms with E-state index in [-0.39, 0.29) is 5.75 Å². The number of nitrogens with zero attached hydrogens (tertiary/aromatic N) is 1. The van der Waals surface area contributed by atoms with Crippen LogP contribution in [-0.2, 0) is 10.4 Å². The molecule has 3 aromatic rings. The average Bonchev–Trinajstić information content (AvgIpc) is 2.76. The van der Waals surface area contributed by atoms with Gasteiger partial charge in [-0.05, 0) is 41.8 Å². The highest BCUT2D eigenvalue weighted by molar-refractivity contribution is 5.91. The predicted octanol–water partition coefficient (Wildman–Crippen LogP) is 3.18. The number of nitrogens with one attached hydrogen (secondary N) is 1.